The first-order chi connectivity index (χ1) is 12.4. The van der Waals surface area contributed by atoms with Crippen LogP contribution in [0.15, 0.2) is 53.4 Å². The second-order valence-electron chi connectivity index (χ2n) is 6.13. The predicted molar refractivity (Wildman–Crippen MR) is 109 cm³/mol. The Bertz CT molecular complexity index is 763. The topological polar surface area (TPSA) is 58.2 Å². The molecule has 0 unspecified atom stereocenters. The van der Waals surface area contributed by atoms with Crippen molar-refractivity contribution in [3.63, 3.8) is 0 Å². The van der Waals surface area contributed by atoms with E-state index in [0.29, 0.717) is 22.7 Å². The van der Waals surface area contributed by atoms with Gasteiger partial charge in [0, 0.05) is 16.0 Å². The molecule has 138 valence electrons. The quantitative estimate of drug-likeness (QED) is 0.655. The lowest BCUT2D eigenvalue weighted by molar-refractivity contribution is -0.115. The Hall–Kier alpha value is -1.98. The van der Waals surface area contributed by atoms with Gasteiger partial charge in [-0.3, -0.25) is 9.59 Å². The molecule has 0 heterocycles. The van der Waals surface area contributed by atoms with Crippen LogP contribution < -0.4 is 10.6 Å². The standard InChI is InChI=1S/C20H23ClN2O2S/c1-4-18(26-15-11-9-14(21)10-12-15)20(25)23-17-8-6-5-7-16(17)19(24)22-13(2)3/h5-13,18H,4H2,1-3H3,(H,22,24)(H,23,25)/t18-/m0/s1. The molecule has 0 saturated heterocycles. The third-order valence-corrected chi connectivity index (χ3v) is 5.23. The van der Waals surface area contributed by atoms with E-state index in [9.17, 15) is 9.59 Å². The van der Waals surface area contributed by atoms with Crippen LogP contribution in [0, 0.1) is 0 Å². The minimum absolute atomic E-state index is 0.0232. The van der Waals surface area contributed by atoms with Crippen molar-refractivity contribution < 1.29 is 9.59 Å². The first-order valence-electron chi connectivity index (χ1n) is 8.53. The lowest BCUT2D eigenvalue weighted by Gasteiger charge is -2.17. The van der Waals surface area contributed by atoms with Crippen LogP contribution in [0.4, 0.5) is 5.69 Å². The Labute approximate surface area is 163 Å². The largest absolute Gasteiger partial charge is 0.350 e. The van der Waals surface area contributed by atoms with Crippen LogP contribution in [-0.2, 0) is 4.79 Å². The van der Waals surface area contributed by atoms with Crippen LogP contribution in [0.1, 0.15) is 37.6 Å². The molecule has 2 N–H and O–H groups in total. The molecular weight excluding hydrogens is 368 g/mol. The van der Waals surface area contributed by atoms with Gasteiger partial charge in [-0.25, -0.2) is 0 Å². The van der Waals surface area contributed by atoms with Gasteiger partial charge in [-0.1, -0.05) is 30.7 Å². The SMILES string of the molecule is CC[C@H](Sc1ccc(Cl)cc1)C(=O)Nc1ccccc1C(=O)NC(C)C. The highest BCUT2D eigenvalue weighted by molar-refractivity contribution is 8.00. The number of halogens is 1. The van der Waals surface area contributed by atoms with Crippen LogP contribution in [0.3, 0.4) is 0 Å². The summed E-state index contributed by atoms with van der Waals surface area (Å²) >= 11 is 7.39. The number of thioether (sulfide) groups is 1. The molecule has 6 heteroatoms. The van der Waals surface area contributed by atoms with Crippen molar-refractivity contribution in [3.05, 3.63) is 59.1 Å². The smallest absolute Gasteiger partial charge is 0.253 e. The van der Waals surface area contributed by atoms with Gasteiger partial charge in [-0.15, -0.1) is 11.8 Å². The molecule has 2 amide bonds. The molecular formula is C20H23ClN2O2S. The fourth-order valence-corrected chi connectivity index (χ4v) is 3.42. The highest BCUT2D eigenvalue weighted by Crippen LogP contribution is 2.28. The van der Waals surface area contributed by atoms with Crippen molar-refractivity contribution in [2.75, 3.05) is 5.32 Å². The third-order valence-electron chi connectivity index (χ3n) is 3.60. The predicted octanol–water partition coefficient (Wildman–Crippen LogP) is 4.99. The third kappa shape index (κ3) is 5.78. The van der Waals surface area contributed by atoms with E-state index >= 15 is 0 Å². The summed E-state index contributed by atoms with van der Waals surface area (Å²) in [6, 6.07) is 14.5. The van der Waals surface area contributed by atoms with Gasteiger partial charge in [0.1, 0.15) is 0 Å². The molecule has 1 atom stereocenters. The summed E-state index contributed by atoms with van der Waals surface area (Å²) in [7, 11) is 0. The number of hydrogen-bond donors (Lipinski definition) is 2. The fraction of sp³-hybridized carbons (Fsp3) is 0.300. The maximum absolute atomic E-state index is 12.7. The van der Waals surface area contributed by atoms with E-state index in [1.165, 1.54) is 11.8 Å². The van der Waals surface area contributed by atoms with Crippen LogP contribution >= 0.6 is 23.4 Å². The number of anilines is 1. The average molecular weight is 391 g/mol. The fourth-order valence-electron chi connectivity index (χ4n) is 2.34. The Morgan fingerprint density at radius 2 is 1.73 bits per heavy atom. The van der Waals surface area contributed by atoms with E-state index in [4.69, 9.17) is 11.6 Å². The zero-order valence-electron chi connectivity index (χ0n) is 15.1. The van der Waals surface area contributed by atoms with Gasteiger partial charge in [0.05, 0.1) is 16.5 Å². The molecule has 0 aliphatic heterocycles. The first-order valence-corrected chi connectivity index (χ1v) is 9.79. The molecule has 0 fully saturated rings. The summed E-state index contributed by atoms with van der Waals surface area (Å²) in [4.78, 5) is 26.0. The Morgan fingerprint density at radius 1 is 1.08 bits per heavy atom. The van der Waals surface area contributed by atoms with Crippen LogP contribution in [0.5, 0.6) is 0 Å². The maximum Gasteiger partial charge on any atom is 0.253 e. The Kier molecular flexibility index (Phi) is 7.54. The average Bonchev–Trinajstić information content (AvgIpc) is 2.61. The summed E-state index contributed by atoms with van der Waals surface area (Å²) in [5.74, 6) is -0.327. The maximum atomic E-state index is 12.7. The minimum Gasteiger partial charge on any atom is -0.350 e. The van der Waals surface area contributed by atoms with Crippen LogP contribution in [0.2, 0.25) is 5.02 Å². The number of amides is 2. The molecule has 0 radical (unpaired) electrons. The van der Waals surface area contributed by atoms with Gasteiger partial charge in [0.2, 0.25) is 5.91 Å². The lowest BCUT2D eigenvalue weighted by atomic mass is 10.1. The van der Waals surface area contributed by atoms with Gasteiger partial charge < -0.3 is 10.6 Å². The van der Waals surface area contributed by atoms with Crippen LogP contribution in [0.25, 0.3) is 0 Å². The van der Waals surface area contributed by atoms with Crippen molar-refractivity contribution in [1.82, 2.24) is 5.32 Å². The summed E-state index contributed by atoms with van der Waals surface area (Å²) in [5, 5.41) is 6.15. The van der Waals surface area contributed by atoms with E-state index in [2.05, 4.69) is 10.6 Å². The Morgan fingerprint density at radius 3 is 2.35 bits per heavy atom. The molecule has 0 saturated carbocycles. The number of benzene rings is 2. The normalized spacial score (nSPS) is 11.9. The second kappa shape index (κ2) is 9.64. The molecule has 0 bridgehead atoms. The number of nitrogens with one attached hydrogen (secondary N) is 2. The number of carbonyl (C=O) groups is 2. The van der Waals surface area contributed by atoms with Crippen molar-refractivity contribution in [2.45, 2.75) is 43.4 Å². The molecule has 0 aromatic heterocycles. The molecule has 4 nitrogen and oxygen atoms in total. The van der Waals surface area contributed by atoms with E-state index in [0.717, 1.165) is 4.90 Å². The molecule has 0 spiro atoms. The van der Waals surface area contributed by atoms with Gasteiger partial charge in [0.25, 0.3) is 5.91 Å². The molecule has 2 aromatic rings. The summed E-state index contributed by atoms with van der Waals surface area (Å²) in [6.45, 7) is 5.76. The van der Waals surface area contributed by atoms with Gasteiger partial charge in [-0.2, -0.15) is 0 Å². The van der Waals surface area contributed by atoms with Gasteiger partial charge >= 0.3 is 0 Å². The summed E-state index contributed by atoms with van der Waals surface area (Å²) in [6.07, 6.45) is 0.666. The van der Waals surface area contributed by atoms with Crippen molar-refractivity contribution in [2.24, 2.45) is 0 Å². The van der Waals surface area contributed by atoms with E-state index in [-0.39, 0.29) is 23.1 Å². The number of hydrogen-bond acceptors (Lipinski definition) is 3. The van der Waals surface area contributed by atoms with Gasteiger partial charge in [-0.05, 0) is 56.7 Å². The molecule has 26 heavy (non-hydrogen) atoms. The monoisotopic (exact) mass is 390 g/mol. The van der Waals surface area contributed by atoms with Gasteiger partial charge in [0.15, 0.2) is 0 Å². The molecule has 2 rings (SSSR count). The minimum atomic E-state index is -0.266. The number of carbonyl (C=O) groups excluding carboxylic acids is 2. The van der Waals surface area contributed by atoms with E-state index < -0.39 is 0 Å². The number of rotatable bonds is 7. The van der Waals surface area contributed by atoms with Crippen molar-refractivity contribution >= 4 is 40.9 Å². The first kappa shape index (κ1) is 20.3. The summed E-state index contributed by atoms with van der Waals surface area (Å²) in [5.41, 5.74) is 0.978. The highest BCUT2D eigenvalue weighted by Gasteiger charge is 2.20. The molecule has 2 aromatic carbocycles. The van der Waals surface area contributed by atoms with Crippen LogP contribution in [-0.4, -0.2) is 23.1 Å². The summed E-state index contributed by atoms with van der Waals surface area (Å²) < 4.78 is 0. The van der Waals surface area contributed by atoms with Crippen molar-refractivity contribution in [3.8, 4) is 0 Å². The zero-order chi connectivity index (χ0) is 19.1. The number of para-hydroxylation sites is 1. The lowest BCUT2D eigenvalue weighted by Crippen LogP contribution is -2.32. The second-order valence-corrected chi connectivity index (χ2v) is 7.84. The van der Waals surface area contributed by atoms with Crippen molar-refractivity contribution in [1.29, 1.82) is 0 Å². The van der Waals surface area contributed by atoms with E-state index in [1.54, 1.807) is 36.4 Å². The van der Waals surface area contributed by atoms with E-state index in [1.807, 2.05) is 32.9 Å². The molecule has 0 aliphatic carbocycles. The Balaban J connectivity index is 2.12. The zero-order valence-corrected chi connectivity index (χ0v) is 16.7. The molecule has 0 aliphatic rings. The highest BCUT2D eigenvalue weighted by atomic mass is 35.5.